The van der Waals surface area contributed by atoms with Crippen LogP contribution in [0.3, 0.4) is 0 Å². The number of nitrogens with zero attached hydrogens (tertiary/aromatic N) is 4. The predicted molar refractivity (Wildman–Crippen MR) is 493 cm³/mol. The first-order valence-corrected chi connectivity index (χ1v) is 40.5. The number of para-hydroxylation sites is 12. The van der Waals surface area contributed by atoms with Crippen molar-refractivity contribution in [3.05, 3.63) is 506 Å². The van der Waals surface area contributed by atoms with Gasteiger partial charge in [-0.2, -0.15) is 0 Å². The molecule has 18 aromatic carbocycles. The van der Waals surface area contributed by atoms with Crippen molar-refractivity contribution in [3.63, 3.8) is 0 Å². The lowest BCUT2D eigenvalue weighted by Crippen LogP contribution is -2.15. The van der Waals surface area contributed by atoms with Gasteiger partial charge in [0, 0.05) is 90.0 Å². The van der Waals surface area contributed by atoms with E-state index in [1.807, 2.05) is 364 Å². The molecule has 0 saturated heterocycles. The molecule has 18 aromatic rings. The second kappa shape index (κ2) is 33.9. The maximum Gasteiger partial charge on any atom is 0.193 e. The molecular weight excluding hydrogens is 1500 g/mol. The Balaban J connectivity index is 0.000000161. The van der Waals surface area contributed by atoms with Crippen molar-refractivity contribution in [2.75, 3.05) is 19.6 Å². The standard InChI is InChI=1S/C56H36N2O4.C56H40N2O2/c59-55(39-15-3-1-4-16-39)45-35-44(38-29-33-42(34-30-38)58-49-21-9-13-25-53(49)62-54-26-14-10-22-50(54)58)46(56(60)40-17-5-2-6-18-40)36-43(45)37-27-31-41(32-28-37)57-47-19-7-11-23-51(47)61-52-24-12-8-20-48(52)57;59-55(43-19-7-1-8-20-43)53-39-52(42-33-37-50(38-34-42)58(47-27-15-5-16-28-47)48-29-17-6-18-30-48)54(56(60)44-21-9-2-10-22-44)40-51(53)41-31-35-49(36-32-41)57(45-23-11-3-12-24-45)46-25-13-4-14-26-46/h1-36H;1-40H. The molecule has 0 unspecified atom stereocenters. The fourth-order valence-electron chi connectivity index (χ4n) is 16.2. The lowest BCUT2D eigenvalue weighted by atomic mass is 9.85. The molecule has 2 heterocycles. The van der Waals surface area contributed by atoms with Crippen LogP contribution in [0.4, 0.5) is 68.2 Å². The molecule has 0 radical (unpaired) electrons. The molecule has 0 aliphatic carbocycles. The maximum atomic E-state index is 14.7. The van der Waals surface area contributed by atoms with E-state index in [2.05, 4.69) is 117 Å². The molecule has 0 bridgehead atoms. The van der Waals surface area contributed by atoms with Crippen LogP contribution in [0.15, 0.2) is 461 Å². The average molecular weight is 1570 g/mol. The summed E-state index contributed by atoms with van der Waals surface area (Å²) in [5.41, 5.74) is 21.8. The number of fused-ring (bicyclic) bond motifs is 4. The molecular formula is C112H76N4O6. The minimum absolute atomic E-state index is 0.124. The maximum absolute atomic E-state index is 14.7. The highest BCUT2D eigenvalue weighted by Gasteiger charge is 2.31. The summed E-state index contributed by atoms with van der Waals surface area (Å²) in [5, 5.41) is 0. The molecule has 0 amide bonds. The van der Waals surface area contributed by atoms with E-state index in [0.29, 0.717) is 66.8 Å². The largest absolute Gasteiger partial charge is 0.453 e. The lowest BCUT2D eigenvalue weighted by Gasteiger charge is -2.33. The van der Waals surface area contributed by atoms with Gasteiger partial charge >= 0.3 is 0 Å². The molecule has 0 aromatic heterocycles. The van der Waals surface area contributed by atoms with Crippen molar-refractivity contribution in [2.45, 2.75) is 0 Å². The van der Waals surface area contributed by atoms with Crippen molar-refractivity contribution in [3.8, 4) is 67.5 Å². The second-order valence-electron chi connectivity index (χ2n) is 29.6. The molecule has 2 aliphatic heterocycles. The zero-order chi connectivity index (χ0) is 82.2. The topological polar surface area (TPSA) is 99.7 Å². The zero-order valence-corrected chi connectivity index (χ0v) is 66.1. The van der Waals surface area contributed by atoms with Crippen LogP contribution >= 0.6 is 0 Å². The number of carbonyl (C=O) groups excluding carboxylic acids is 4. The smallest absolute Gasteiger partial charge is 0.193 e. The number of ether oxygens (including phenoxy) is 2. The van der Waals surface area contributed by atoms with E-state index in [-0.39, 0.29) is 23.1 Å². The molecule has 0 saturated carbocycles. The van der Waals surface area contributed by atoms with Gasteiger partial charge in [-0.15, -0.1) is 0 Å². The average Bonchev–Trinajstić information content (AvgIpc) is 0.761. The number of benzene rings is 18. The first-order chi connectivity index (χ1) is 60.2. The van der Waals surface area contributed by atoms with Gasteiger partial charge in [-0.1, -0.05) is 291 Å². The van der Waals surface area contributed by atoms with Crippen molar-refractivity contribution >= 4 is 91.4 Å². The van der Waals surface area contributed by atoms with Crippen LogP contribution in [0, 0.1) is 0 Å². The van der Waals surface area contributed by atoms with E-state index >= 15 is 0 Å². The highest BCUT2D eigenvalue weighted by molar-refractivity contribution is 6.20. The minimum Gasteiger partial charge on any atom is -0.453 e. The van der Waals surface area contributed by atoms with Crippen molar-refractivity contribution in [2.24, 2.45) is 0 Å². The van der Waals surface area contributed by atoms with Gasteiger partial charge in [-0.3, -0.25) is 19.2 Å². The normalized spacial score (nSPS) is 11.5. The molecule has 122 heavy (non-hydrogen) atoms. The Morgan fingerprint density at radius 1 is 0.189 bits per heavy atom. The van der Waals surface area contributed by atoms with Gasteiger partial charge in [-0.25, -0.2) is 0 Å². The highest BCUT2D eigenvalue weighted by atomic mass is 16.5. The van der Waals surface area contributed by atoms with Crippen LogP contribution in [-0.4, -0.2) is 23.1 Å². The SMILES string of the molecule is O=C(c1ccccc1)c1cc(-c2ccc(N(c3ccccc3)c3ccccc3)cc2)c(C(=O)c2ccccc2)cc1-c1ccc(N(c2ccccc2)c2ccccc2)cc1.O=C(c1ccccc1)c1cc(-c2ccc(N3c4ccccc4Oc4ccccc43)cc2)c(C(=O)c2ccccc2)cc1-c1ccc(N2c3ccccc3Oc3ccccc32)cc1. The van der Waals surface area contributed by atoms with E-state index in [1.54, 1.807) is 0 Å². The van der Waals surface area contributed by atoms with E-state index < -0.39 is 0 Å². The summed E-state index contributed by atoms with van der Waals surface area (Å²) in [6.45, 7) is 0. The Labute approximate surface area is 708 Å². The summed E-state index contributed by atoms with van der Waals surface area (Å²) in [6, 6.07) is 151. The lowest BCUT2D eigenvalue weighted by molar-refractivity contribution is 0.102. The minimum atomic E-state index is -0.140. The van der Waals surface area contributed by atoms with Gasteiger partial charge in [0.1, 0.15) is 0 Å². The third-order valence-electron chi connectivity index (χ3n) is 22.1. The molecule has 10 nitrogen and oxygen atoms in total. The van der Waals surface area contributed by atoms with Crippen molar-refractivity contribution < 1.29 is 28.7 Å². The fourth-order valence-corrected chi connectivity index (χ4v) is 16.2. The first kappa shape index (κ1) is 75.5. The van der Waals surface area contributed by atoms with E-state index in [0.717, 1.165) is 114 Å². The Hall–Kier alpha value is -16.6. The number of carbonyl (C=O) groups is 4. The van der Waals surface area contributed by atoms with Crippen LogP contribution in [0.25, 0.3) is 44.5 Å². The van der Waals surface area contributed by atoms with E-state index in [4.69, 9.17) is 9.47 Å². The number of hydrogen-bond donors (Lipinski definition) is 0. The zero-order valence-electron chi connectivity index (χ0n) is 66.1. The van der Waals surface area contributed by atoms with Gasteiger partial charge in [0.25, 0.3) is 0 Å². The van der Waals surface area contributed by atoms with Crippen LogP contribution in [0.2, 0.25) is 0 Å². The molecule has 0 N–H and O–H groups in total. The van der Waals surface area contributed by atoms with Crippen LogP contribution < -0.4 is 29.1 Å². The van der Waals surface area contributed by atoms with Crippen LogP contribution in [0.5, 0.6) is 23.0 Å². The molecule has 0 atom stereocenters. The Bertz CT molecular complexity index is 6260. The van der Waals surface area contributed by atoms with Gasteiger partial charge in [0.05, 0.1) is 22.7 Å². The van der Waals surface area contributed by atoms with Gasteiger partial charge in [-0.05, 0) is 214 Å². The fraction of sp³-hybridized carbons (Fsp3) is 0. The number of rotatable bonds is 20. The summed E-state index contributed by atoms with van der Waals surface area (Å²) in [6.07, 6.45) is 0. The Morgan fingerprint density at radius 3 is 0.590 bits per heavy atom. The van der Waals surface area contributed by atoms with Crippen LogP contribution in [0.1, 0.15) is 63.7 Å². The summed E-state index contributed by atoms with van der Waals surface area (Å²) >= 11 is 0. The summed E-state index contributed by atoms with van der Waals surface area (Å²) < 4.78 is 12.5. The molecule has 2 aliphatic rings. The summed E-state index contributed by atoms with van der Waals surface area (Å²) in [5.74, 6) is 2.52. The highest BCUT2D eigenvalue weighted by Crippen LogP contribution is 2.53. The van der Waals surface area contributed by atoms with E-state index in [1.165, 1.54) is 0 Å². The Kier molecular flexibility index (Phi) is 21.0. The Morgan fingerprint density at radius 2 is 0.369 bits per heavy atom. The second-order valence-corrected chi connectivity index (χ2v) is 29.6. The van der Waals surface area contributed by atoms with Gasteiger partial charge < -0.3 is 29.1 Å². The van der Waals surface area contributed by atoms with E-state index in [9.17, 15) is 19.2 Å². The molecule has 0 fully saturated rings. The third-order valence-corrected chi connectivity index (χ3v) is 22.1. The molecule has 580 valence electrons. The summed E-state index contributed by atoms with van der Waals surface area (Å²) in [4.78, 5) is 67.6. The summed E-state index contributed by atoms with van der Waals surface area (Å²) in [7, 11) is 0. The number of ketones is 4. The molecule has 10 heteroatoms. The van der Waals surface area contributed by atoms with Gasteiger partial charge in [0.2, 0.25) is 0 Å². The molecule has 0 spiro atoms. The van der Waals surface area contributed by atoms with Crippen LogP contribution in [-0.2, 0) is 0 Å². The monoisotopic (exact) mass is 1570 g/mol. The first-order valence-electron chi connectivity index (χ1n) is 40.5. The number of anilines is 12. The van der Waals surface area contributed by atoms with Crippen molar-refractivity contribution in [1.82, 2.24) is 0 Å². The van der Waals surface area contributed by atoms with Gasteiger partial charge in [0.15, 0.2) is 46.1 Å². The van der Waals surface area contributed by atoms with Crippen molar-refractivity contribution in [1.29, 1.82) is 0 Å². The quantitative estimate of drug-likeness (QED) is 0.0686. The number of hydrogen-bond acceptors (Lipinski definition) is 10. The predicted octanol–water partition coefficient (Wildman–Crippen LogP) is 29.1. The molecule has 20 rings (SSSR count). The third kappa shape index (κ3) is 15.2.